The molecule has 1 aromatic heterocycles. The lowest BCUT2D eigenvalue weighted by atomic mass is 10.00. The Bertz CT molecular complexity index is 834. The quantitative estimate of drug-likeness (QED) is 0.770. The monoisotopic (exact) mass is 397 g/mol. The largest absolute Gasteiger partial charge is 0.354 e. The van der Waals surface area contributed by atoms with Gasteiger partial charge in [0.25, 0.3) is 0 Å². The summed E-state index contributed by atoms with van der Waals surface area (Å²) in [6.07, 6.45) is 3.85. The number of rotatable bonds is 5. The van der Waals surface area contributed by atoms with Crippen LogP contribution in [0.3, 0.4) is 0 Å². The second-order valence-electron chi connectivity index (χ2n) is 8.35. The number of hydrogen-bond donors (Lipinski definition) is 0. The van der Waals surface area contributed by atoms with Crippen LogP contribution in [0.4, 0.5) is 10.2 Å². The number of halogens is 1. The molecule has 0 radical (unpaired) electrons. The number of piperazine rings is 1. The maximum Gasteiger partial charge on any atom is 0.135 e. The van der Waals surface area contributed by atoms with E-state index in [9.17, 15) is 4.39 Å². The van der Waals surface area contributed by atoms with E-state index in [1.54, 1.807) is 18.5 Å². The number of benzene rings is 1. The molecule has 4 rings (SSSR count). The molecule has 2 atom stereocenters. The molecular weight excluding hydrogens is 365 g/mol. The minimum absolute atomic E-state index is 0.163. The summed E-state index contributed by atoms with van der Waals surface area (Å²) in [5, 5.41) is 0. The first-order chi connectivity index (χ1) is 14.1. The van der Waals surface area contributed by atoms with Crippen molar-refractivity contribution in [2.24, 2.45) is 0 Å². The van der Waals surface area contributed by atoms with Gasteiger partial charge >= 0.3 is 0 Å². The van der Waals surface area contributed by atoms with Crippen molar-refractivity contribution < 1.29 is 4.39 Å². The Labute approximate surface area is 173 Å². The second kappa shape index (κ2) is 8.76. The number of fused-ring (bicyclic) bond motifs is 1. The van der Waals surface area contributed by atoms with Crippen LogP contribution in [0.2, 0.25) is 0 Å². The zero-order valence-electron chi connectivity index (χ0n) is 17.8. The molecule has 0 amide bonds. The van der Waals surface area contributed by atoms with E-state index in [1.165, 1.54) is 18.1 Å². The molecule has 6 heteroatoms. The maximum absolute atomic E-state index is 13.6. The third-order valence-corrected chi connectivity index (χ3v) is 6.72. The van der Waals surface area contributed by atoms with E-state index in [0.717, 1.165) is 62.8 Å². The molecule has 1 saturated heterocycles. The fourth-order valence-electron chi connectivity index (χ4n) is 4.57. The van der Waals surface area contributed by atoms with Gasteiger partial charge in [0.1, 0.15) is 18.0 Å². The summed E-state index contributed by atoms with van der Waals surface area (Å²) in [6, 6.07) is 7.75. The van der Waals surface area contributed by atoms with Crippen LogP contribution in [-0.2, 0) is 13.0 Å². The smallest absolute Gasteiger partial charge is 0.135 e. The van der Waals surface area contributed by atoms with Crippen LogP contribution in [0.5, 0.6) is 0 Å². The van der Waals surface area contributed by atoms with Gasteiger partial charge < -0.3 is 4.90 Å². The normalized spacial score (nSPS) is 20.3. The zero-order chi connectivity index (χ0) is 20.4. The Morgan fingerprint density at radius 1 is 1.03 bits per heavy atom. The van der Waals surface area contributed by atoms with Gasteiger partial charge in [0.05, 0.1) is 5.69 Å². The van der Waals surface area contributed by atoms with E-state index in [0.29, 0.717) is 6.04 Å². The van der Waals surface area contributed by atoms with Crippen LogP contribution in [0.15, 0.2) is 30.6 Å². The molecule has 0 aliphatic carbocycles. The summed E-state index contributed by atoms with van der Waals surface area (Å²) in [5.41, 5.74) is 3.44. The zero-order valence-corrected chi connectivity index (χ0v) is 17.8. The lowest BCUT2D eigenvalue weighted by Gasteiger charge is -2.40. The Balaban J connectivity index is 1.47. The highest BCUT2D eigenvalue weighted by Gasteiger charge is 2.28. The van der Waals surface area contributed by atoms with Gasteiger partial charge in [-0.25, -0.2) is 14.4 Å². The minimum atomic E-state index is -0.173. The van der Waals surface area contributed by atoms with Crippen LogP contribution in [0.25, 0.3) is 0 Å². The van der Waals surface area contributed by atoms with E-state index in [4.69, 9.17) is 0 Å². The molecule has 2 aliphatic heterocycles. The van der Waals surface area contributed by atoms with Crippen molar-refractivity contribution in [3.63, 3.8) is 0 Å². The summed E-state index contributed by atoms with van der Waals surface area (Å²) in [4.78, 5) is 16.7. The highest BCUT2D eigenvalue weighted by atomic mass is 19.1. The van der Waals surface area contributed by atoms with Crippen molar-refractivity contribution in [1.82, 2.24) is 19.8 Å². The Hall–Kier alpha value is -2.05. The number of nitrogens with zero attached hydrogens (tertiary/aromatic N) is 5. The standard InChI is InChI=1S/C23H32FN5/c1-4-17(2)27-10-12-28(13-11-27)23-21-8-9-29(15-22(21)25-16-26-23)18(3)19-6-5-7-20(24)14-19/h5-7,14,16-18H,4,8-13,15H2,1-3H3. The predicted molar refractivity (Wildman–Crippen MR) is 115 cm³/mol. The molecule has 1 fully saturated rings. The third kappa shape index (κ3) is 4.28. The van der Waals surface area contributed by atoms with Crippen molar-refractivity contribution >= 4 is 5.82 Å². The molecule has 2 aromatic rings. The molecule has 5 nitrogen and oxygen atoms in total. The molecule has 29 heavy (non-hydrogen) atoms. The van der Waals surface area contributed by atoms with Crippen molar-refractivity contribution in [1.29, 1.82) is 0 Å². The van der Waals surface area contributed by atoms with Gasteiger partial charge in [-0.1, -0.05) is 19.1 Å². The van der Waals surface area contributed by atoms with Gasteiger partial charge in [0.2, 0.25) is 0 Å². The van der Waals surface area contributed by atoms with E-state index in [2.05, 4.69) is 45.4 Å². The van der Waals surface area contributed by atoms with Crippen LogP contribution in [-0.4, -0.2) is 58.5 Å². The van der Waals surface area contributed by atoms with E-state index in [1.807, 2.05) is 6.07 Å². The predicted octanol–water partition coefficient (Wildman–Crippen LogP) is 3.66. The number of anilines is 1. The second-order valence-corrected chi connectivity index (χ2v) is 8.35. The summed E-state index contributed by atoms with van der Waals surface area (Å²) in [7, 11) is 0. The molecule has 0 bridgehead atoms. The summed E-state index contributed by atoms with van der Waals surface area (Å²) < 4.78 is 13.6. The highest BCUT2D eigenvalue weighted by Crippen LogP contribution is 2.31. The molecule has 3 heterocycles. The average molecular weight is 398 g/mol. The Morgan fingerprint density at radius 3 is 2.55 bits per heavy atom. The fraction of sp³-hybridized carbons (Fsp3) is 0.565. The van der Waals surface area contributed by atoms with Crippen LogP contribution in [0, 0.1) is 5.82 Å². The van der Waals surface area contributed by atoms with Crippen LogP contribution in [0.1, 0.15) is 50.1 Å². The van der Waals surface area contributed by atoms with Gasteiger partial charge in [-0.15, -0.1) is 0 Å². The first-order valence-corrected chi connectivity index (χ1v) is 10.9. The van der Waals surface area contributed by atoms with Crippen molar-refractivity contribution in [2.45, 2.75) is 52.2 Å². The van der Waals surface area contributed by atoms with E-state index >= 15 is 0 Å². The SMILES string of the molecule is CCC(C)N1CCN(c2ncnc3c2CCN(C(C)c2cccc(F)c2)C3)CC1. The maximum atomic E-state index is 13.6. The number of aromatic nitrogens is 2. The van der Waals surface area contributed by atoms with Crippen LogP contribution >= 0.6 is 0 Å². The first kappa shape index (κ1) is 20.2. The first-order valence-electron chi connectivity index (χ1n) is 10.9. The molecule has 0 N–H and O–H groups in total. The number of hydrogen-bond acceptors (Lipinski definition) is 5. The lowest BCUT2D eigenvalue weighted by molar-refractivity contribution is 0.186. The highest BCUT2D eigenvalue weighted by molar-refractivity contribution is 5.50. The van der Waals surface area contributed by atoms with Crippen molar-refractivity contribution in [2.75, 3.05) is 37.6 Å². The van der Waals surface area contributed by atoms with E-state index < -0.39 is 0 Å². The van der Waals surface area contributed by atoms with Crippen molar-refractivity contribution in [3.05, 3.63) is 53.2 Å². The average Bonchev–Trinajstić information content (AvgIpc) is 2.77. The van der Waals surface area contributed by atoms with E-state index in [-0.39, 0.29) is 11.9 Å². The molecule has 2 aliphatic rings. The van der Waals surface area contributed by atoms with Gasteiger partial charge in [-0.3, -0.25) is 9.80 Å². The molecule has 156 valence electrons. The van der Waals surface area contributed by atoms with Gasteiger partial charge in [-0.05, 0) is 44.4 Å². The molecule has 0 spiro atoms. The Kier molecular flexibility index (Phi) is 6.11. The summed E-state index contributed by atoms with van der Waals surface area (Å²) in [6.45, 7) is 12.7. The topological polar surface area (TPSA) is 35.5 Å². The molecule has 0 saturated carbocycles. The van der Waals surface area contributed by atoms with Gasteiger partial charge in [-0.2, -0.15) is 0 Å². The minimum Gasteiger partial charge on any atom is -0.354 e. The van der Waals surface area contributed by atoms with Gasteiger partial charge in [0.15, 0.2) is 0 Å². The fourth-order valence-corrected chi connectivity index (χ4v) is 4.57. The lowest BCUT2D eigenvalue weighted by Crippen LogP contribution is -2.50. The van der Waals surface area contributed by atoms with Crippen molar-refractivity contribution in [3.8, 4) is 0 Å². The molecule has 2 unspecified atom stereocenters. The third-order valence-electron chi connectivity index (χ3n) is 6.72. The summed E-state index contributed by atoms with van der Waals surface area (Å²) >= 11 is 0. The summed E-state index contributed by atoms with van der Waals surface area (Å²) in [5.74, 6) is 0.949. The van der Waals surface area contributed by atoms with Crippen LogP contribution < -0.4 is 4.90 Å². The Morgan fingerprint density at radius 2 is 1.83 bits per heavy atom. The molecular formula is C23H32FN5. The molecule has 1 aromatic carbocycles. The van der Waals surface area contributed by atoms with Gasteiger partial charge in [0, 0.05) is 56.9 Å².